The molecule has 1 radical (unpaired) electrons. The van der Waals surface area contributed by atoms with Crippen molar-refractivity contribution in [3.05, 3.63) is 64.2 Å². The van der Waals surface area contributed by atoms with E-state index in [1.807, 2.05) is 71.9 Å². The zero-order valence-electron chi connectivity index (χ0n) is 14.7. The Morgan fingerprint density at radius 2 is 1.48 bits per heavy atom. The summed E-state index contributed by atoms with van der Waals surface area (Å²) in [6.07, 6.45) is 0. The third-order valence-electron chi connectivity index (χ3n) is 3.88. The van der Waals surface area contributed by atoms with Crippen molar-refractivity contribution in [2.75, 3.05) is 0 Å². The van der Waals surface area contributed by atoms with Gasteiger partial charge in [0.2, 0.25) is 0 Å². The second-order valence-electron chi connectivity index (χ2n) is 7.09. The highest BCUT2D eigenvalue weighted by atomic mass is 31.1. The lowest BCUT2D eigenvalue weighted by atomic mass is 9.93. The summed E-state index contributed by atoms with van der Waals surface area (Å²) >= 11 is 0. The van der Waals surface area contributed by atoms with Gasteiger partial charge in [-0.1, -0.05) is 29.8 Å². The van der Waals surface area contributed by atoms with E-state index in [0.29, 0.717) is 10.9 Å². The fourth-order valence-corrected chi connectivity index (χ4v) is 4.22. The van der Waals surface area contributed by atoms with Crippen LogP contribution in [-0.4, -0.2) is 10.9 Å². The van der Waals surface area contributed by atoms with Gasteiger partial charge in [-0.25, -0.2) is 0 Å². The molecule has 0 aliphatic carbocycles. The van der Waals surface area contributed by atoms with E-state index < -0.39 is 7.80 Å². The van der Waals surface area contributed by atoms with E-state index in [0.717, 1.165) is 22.3 Å². The number of aryl methyl sites for hydroxylation is 3. The fourth-order valence-electron chi connectivity index (χ4n) is 2.88. The van der Waals surface area contributed by atoms with Crippen molar-refractivity contribution in [3.8, 4) is 0 Å². The van der Waals surface area contributed by atoms with E-state index in [9.17, 15) is 9.36 Å². The summed E-state index contributed by atoms with van der Waals surface area (Å²) in [6.45, 7) is 11.8. The topological polar surface area (TPSA) is 34.1 Å². The largest absolute Gasteiger partial charge is 0.289 e. The minimum absolute atomic E-state index is 0.0387. The van der Waals surface area contributed by atoms with Gasteiger partial charge in [0.15, 0.2) is 5.78 Å². The van der Waals surface area contributed by atoms with Crippen LogP contribution in [0, 0.1) is 20.8 Å². The van der Waals surface area contributed by atoms with Gasteiger partial charge in [-0.05, 0) is 64.8 Å². The summed E-state index contributed by atoms with van der Waals surface area (Å²) in [5.41, 5.74) is 4.35. The molecule has 0 N–H and O–H groups in total. The van der Waals surface area contributed by atoms with Gasteiger partial charge in [0.05, 0.1) is 0 Å². The van der Waals surface area contributed by atoms with Crippen molar-refractivity contribution in [1.82, 2.24) is 0 Å². The Morgan fingerprint density at radius 3 is 2.00 bits per heavy atom. The van der Waals surface area contributed by atoms with Crippen LogP contribution in [0.25, 0.3) is 0 Å². The molecule has 0 bridgehead atoms. The highest BCUT2D eigenvalue weighted by Crippen LogP contribution is 2.38. The van der Waals surface area contributed by atoms with Crippen LogP contribution < -0.4 is 5.30 Å². The molecule has 0 aliphatic heterocycles. The summed E-state index contributed by atoms with van der Waals surface area (Å²) in [7, 11) is -1.66. The van der Waals surface area contributed by atoms with E-state index in [1.54, 1.807) is 6.07 Å². The third-order valence-corrected chi connectivity index (χ3v) is 5.93. The highest BCUT2D eigenvalue weighted by Gasteiger charge is 2.27. The molecule has 0 aliphatic rings. The molecule has 0 saturated carbocycles. The lowest BCUT2D eigenvalue weighted by Crippen LogP contribution is -2.21. The van der Waals surface area contributed by atoms with Gasteiger partial charge in [-0.3, -0.25) is 9.36 Å². The Labute approximate surface area is 139 Å². The number of hydrogen-bond donors (Lipinski definition) is 0. The molecule has 1 atom stereocenters. The van der Waals surface area contributed by atoms with Crippen LogP contribution in [0.4, 0.5) is 0 Å². The Balaban J connectivity index is 2.61. The third kappa shape index (κ3) is 3.59. The summed E-state index contributed by atoms with van der Waals surface area (Å²) < 4.78 is 12.8. The van der Waals surface area contributed by atoms with Crippen molar-refractivity contribution < 1.29 is 9.36 Å². The molecule has 0 spiro atoms. The molecule has 3 heteroatoms. The number of carbonyl (C=O) groups is 1. The lowest BCUT2D eigenvalue weighted by molar-refractivity contribution is 0.103. The summed E-state index contributed by atoms with van der Waals surface area (Å²) in [5.74, 6) is -0.0387. The van der Waals surface area contributed by atoms with Gasteiger partial charge >= 0.3 is 0 Å². The molecule has 23 heavy (non-hydrogen) atoms. The first-order chi connectivity index (χ1) is 10.6. The fraction of sp³-hybridized carbons (Fsp3) is 0.350. The standard InChI is InChI=1S/C20H24O2P/c1-13-11-14(2)18(15(3)12-13)19(21)16-9-7-8-10-17(16)23(22)20(4,5)6/h7-12H,1-6H3. The Hall–Kier alpha value is -1.79. The van der Waals surface area contributed by atoms with Crippen LogP contribution in [0.1, 0.15) is 53.4 Å². The van der Waals surface area contributed by atoms with Crippen LogP contribution in [0.15, 0.2) is 36.4 Å². The molecular weight excluding hydrogens is 303 g/mol. The zero-order chi connectivity index (χ0) is 17.4. The molecular formula is C20H24O2P. The number of carbonyl (C=O) groups excluding carboxylic acids is 1. The van der Waals surface area contributed by atoms with Crippen molar-refractivity contribution in [1.29, 1.82) is 0 Å². The second kappa shape index (κ2) is 6.37. The maximum Gasteiger partial charge on any atom is 0.194 e. The van der Waals surface area contributed by atoms with Crippen molar-refractivity contribution >= 4 is 18.9 Å². The van der Waals surface area contributed by atoms with E-state index in [1.165, 1.54) is 0 Å². The molecule has 2 rings (SSSR count). The van der Waals surface area contributed by atoms with Crippen LogP contribution >= 0.6 is 7.80 Å². The molecule has 2 aromatic rings. The minimum atomic E-state index is -1.66. The maximum atomic E-state index is 13.1. The van der Waals surface area contributed by atoms with Crippen molar-refractivity contribution in [2.24, 2.45) is 0 Å². The number of ketones is 1. The number of rotatable bonds is 3. The number of benzene rings is 2. The Bertz CT molecular complexity index is 759. The zero-order valence-corrected chi connectivity index (χ0v) is 15.6. The van der Waals surface area contributed by atoms with Gasteiger partial charge in [0.1, 0.15) is 7.80 Å². The van der Waals surface area contributed by atoms with Gasteiger partial charge in [0.25, 0.3) is 0 Å². The molecule has 2 aromatic carbocycles. The van der Waals surface area contributed by atoms with Crippen molar-refractivity contribution in [3.63, 3.8) is 0 Å². The predicted octanol–water partition coefficient (Wildman–Crippen LogP) is 5.09. The van der Waals surface area contributed by atoms with Crippen LogP contribution in [0.2, 0.25) is 0 Å². The first-order valence-electron chi connectivity index (χ1n) is 7.82. The summed E-state index contributed by atoms with van der Waals surface area (Å²) in [6, 6.07) is 11.3. The average molecular weight is 327 g/mol. The normalized spacial score (nSPS) is 12.2. The van der Waals surface area contributed by atoms with Crippen LogP contribution in [0.3, 0.4) is 0 Å². The van der Waals surface area contributed by atoms with E-state index in [2.05, 4.69) is 0 Å². The van der Waals surface area contributed by atoms with E-state index >= 15 is 0 Å². The molecule has 0 fully saturated rings. The lowest BCUT2D eigenvalue weighted by Gasteiger charge is -2.19. The molecule has 0 amide bonds. The SMILES string of the molecule is Cc1cc(C)c(C(=O)c2ccccc2[P](=O)C(C)(C)C)c(C)c1. The number of hydrogen-bond acceptors (Lipinski definition) is 2. The molecule has 0 aromatic heterocycles. The summed E-state index contributed by atoms with van der Waals surface area (Å²) in [5, 5.41) is 0.280. The smallest absolute Gasteiger partial charge is 0.194 e. The molecule has 0 heterocycles. The van der Waals surface area contributed by atoms with Gasteiger partial charge < -0.3 is 0 Å². The van der Waals surface area contributed by atoms with Crippen LogP contribution in [-0.2, 0) is 4.57 Å². The van der Waals surface area contributed by atoms with Crippen LogP contribution in [0.5, 0.6) is 0 Å². The minimum Gasteiger partial charge on any atom is -0.289 e. The molecule has 0 saturated heterocycles. The van der Waals surface area contributed by atoms with E-state index in [-0.39, 0.29) is 10.9 Å². The average Bonchev–Trinajstić information content (AvgIpc) is 2.44. The summed E-state index contributed by atoms with van der Waals surface area (Å²) in [4.78, 5) is 13.1. The highest BCUT2D eigenvalue weighted by molar-refractivity contribution is 7.55. The van der Waals surface area contributed by atoms with Gasteiger partial charge in [-0.2, -0.15) is 0 Å². The first-order valence-corrected chi connectivity index (χ1v) is 9.08. The predicted molar refractivity (Wildman–Crippen MR) is 97.5 cm³/mol. The van der Waals surface area contributed by atoms with Crippen molar-refractivity contribution in [2.45, 2.75) is 46.7 Å². The monoisotopic (exact) mass is 327 g/mol. The maximum absolute atomic E-state index is 13.1. The Kier molecular flexibility index (Phi) is 4.87. The van der Waals surface area contributed by atoms with Gasteiger partial charge in [-0.15, -0.1) is 0 Å². The Morgan fingerprint density at radius 1 is 0.957 bits per heavy atom. The van der Waals surface area contributed by atoms with E-state index in [4.69, 9.17) is 0 Å². The molecule has 2 nitrogen and oxygen atoms in total. The quantitative estimate of drug-likeness (QED) is 0.581. The molecule has 121 valence electrons. The first kappa shape index (κ1) is 17.6. The van der Waals surface area contributed by atoms with Gasteiger partial charge in [0, 0.05) is 21.6 Å². The second-order valence-corrected chi connectivity index (χ2v) is 9.50. The molecule has 1 unspecified atom stereocenters.